The Balaban J connectivity index is 2.36. The predicted molar refractivity (Wildman–Crippen MR) is 65.4 cm³/mol. The first-order valence-corrected chi connectivity index (χ1v) is 6.18. The Morgan fingerprint density at radius 2 is 2.25 bits per heavy atom. The summed E-state index contributed by atoms with van der Waals surface area (Å²) in [6, 6.07) is 3.13. The van der Waals surface area contributed by atoms with E-state index >= 15 is 0 Å². The first kappa shape index (κ1) is 11.7. The summed E-state index contributed by atoms with van der Waals surface area (Å²) in [6.07, 6.45) is 2.77. The van der Waals surface area contributed by atoms with Gasteiger partial charge in [-0.1, -0.05) is 0 Å². The van der Waals surface area contributed by atoms with Crippen LogP contribution in [0.5, 0.6) is 0 Å². The van der Waals surface area contributed by atoms with Crippen LogP contribution in [0.1, 0.15) is 16.5 Å². The molecular formula is C10H9BrFN3S. The van der Waals surface area contributed by atoms with Gasteiger partial charge in [0.05, 0.1) is 12.2 Å². The minimum Gasteiger partial charge on any atom is -0.271 e. The number of nitrogens with one attached hydrogen (secondary N) is 1. The topological polar surface area (TPSA) is 50.9 Å². The van der Waals surface area contributed by atoms with E-state index in [-0.39, 0.29) is 11.9 Å². The summed E-state index contributed by atoms with van der Waals surface area (Å²) in [5, 5.41) is 1.95. The maximum atomic E-state index is 13.0. The number of nitrogens with two attached hydrogens (primary N) is 1. The number of rotatable bonds is 3. The molecule has 1 unspecified atom stereocenters. The third-order valence-corrected chi connectivity index (χ3v) is 3.86. The number of halogens is 2. The van der Waals surface area contributed by atoms with E-state index < -0.39 is 0 Å². The molecule has 2 aromatic heterocycles. The van der Waals surface area contributed by atoms with Crippen molar-refractivity contribution in [2.45, 2.75) is 6.04 Å². The van der Waals surface area contributed by atoms with Crippen LogP contribution in [-0.2, 0) is 0 Å². The Morgan fingerprint density at radius 3 is 2.81 bits per heavy atom. The SMILES string of the molecule is NNC(c1cncc(F)c1)c1cc(Br)cs1. The van der Waals surface area contributed by atoms with Crippen LogP contribution in [-0.4, -0.2) is 4.98 Å². The largest absolute Gasteiger partial charge is 0.271 e. The van der Waals surface area contributed by atoms with Crippen molar-refractivity contribution in [1.29, 1.82) is 0 Å². The molecule has 0 spiro atoms. The second kappa shape index (κ2) is 5.01. The van der Waals surface area contributed by atoms with Crippen molar-refractivity contribution in [3.05, 3.63) is 50.6 Å². The maximum absolute atomic E-state index is 13.0. The molecule has 0 fully saturated rings. The Bertz CT molecular complexity index is 488. The van der Waals surface area contributed by atoms with Crippen LogP contribution in [0.15, 0.2) is 34.4 Å². The van der Waals surface area contributed by atoms with Crippen LogP contribution < -0.4 is 11.3 Å². The van der Waals surface area contributed by atoms with E-state index in [4.69, 9.17) is 5.84 Å². The fourth-order valence-corrected chi connectivity index (χ4v) is 2.94. The lowest BCUT2D eigenvalue weighted by molar-refractivity contribution is 0.601. The van der Waals surface area contributed by atoms with Gasteiger partial charge in [-0.3, -0.25) is 10.8 Å². The van der Waals surface area contributed by atoms with E-state index in [1.54, 1.807) is 17.5 Å². The zero-order valence-electron chi connectivity index (χ0n) is 8.15. The van der Waals surface area contributed by atoms with Crippen molar-refractivity contribution in [3.63, 3.8) is 0 Å². The molecule has 0 saturated heterocycles. The molecule has 0 aliphatic rings. The minimum absolute atomic E-state index is 0.237. The molecule has 16 heavy (non-hydrogen) atoms. The van der Waals surface area contributed by atoms with E-state index in [2.05, 4.69) is 26.3 Å². The van der Waals surface area contributed by atoms with Crippen molar-refractivity contribution in [2.24, 2.45) is 5.84 Å². The summed E-state index contributed by atoms with van der Waals surface area (Å²) in [4.78, 5) is 4.81. The summed E-state index contributed by atoms with van der Waals surface area (Å²) >= 11 is 4.91. The Kier molecular flexibility index (Phi) is 3.65. The molecular weight excluding hydrogens is 293 g/mol. The second-order valence-corrected chi connectivity index (χ2v) is 5.06. The number of hydrogen-bond donors (Lipinski definition) is 2. The average Bonchev–Trinajstić information content (AvgIpc) is 2.66. The number of hydrazine groups is 1. The highest BCUT2D eigenvalue weighted by molar-refractivity contribution is 9.10. The van der Waals surface area contributed by atoms with Crippen molar-refractivity contribution < 1.29 is 4.39 Å². The van der Waals surface area contributed by atoms with Crippen LogP contribution >= 0.6 is 27.3 Å². The molecule has 6 heteroatoms. The van der Waals surface area contributed by atoms with Crippen LogP contribution in [0.25, 0.3) is 0 Å². The molecule has 0 aliphatic carbocycles. The zero-order valence-corrected chi connectivity index (χ0v) is 10.6. The fraction of sp³-hybridized carbons (Fsp3) is 0.100. The van der Waals surface area contributed by atoms with E-state index in [1.807, 2.05) is 11.4 Å². The minimum atomic E-state index is -0.367. The molecule has 3 nitrogen and oxygen atoms in total. The Hall–Kier alpha value is -0.820. The van der Waals surface area contributed by atoms with Gasteiger partial charge < -0.3 is 0 Å². The standard InChI is InChI=1S/C10H9BrFN3S/c11-7-2-9(16-5-7)10(15-13)6-1-8(12)4-14-3-6/h1-5,10,15H,13H2. The third-order valence-electron chi connectivity index (χ3n) is 2.10. The zero-order chi connectivity index (χ0) is 11.5. The van der Waals surface area contributed by atoms with Gasteiger partial charge in [0, 0.05) is 20.9 Å². The smallest absolute Gasteiger partial charge is 0.141 e. The lowest BCUT2D eigenvalue weighted by Crippen LogP contribution is -2.28. The lowest BCUT2D eigenvalue weighted by atomic mass is 10.1. The molecule has 2 rings (SSSR count). The molecule has 0 aliphatic heterocycles. The van der Waals surface area contributed by atoms with E-state index in [1.165, 1.54) is 12.3 Å². The van der Waals surface area contributed by atoms with Gasteiger partial charge in [0.1, 0.15) is 5.82 Å². The first-order valence-electron chi connectivity index (χ1n) is 4.51. The van der Waals surface area contributed by atoms with Gasteiger partial charge in [-0.2, -0.15) is 0 Å². The highest BCUT2D eigenvalue weighted by Gasteiger charge is 2.15. The summed E-state index contributed by atoms with van der Waals surface area (Å²) in [7, 11) is 0. The molecule has 0 bridgehead atoms. The Morgan fingerprint density at radius 1 is 1.44 bits per heavy atom. The summed E-state index contributed by atoms with van der Waals surface area (Å²) in [5.41, 5.74) is 3.36. The lowest BCUT2D eigenvalue weighted by Gasteiger charge is -2.13. The Labute approximate surface area is 105 Å². The summed E-state index contributed by atoms with van der Waals surface area (Å²) in [6.45, 7) is 0. The van der Waals surface area contributed by atoms with Crippen molar-refractivity contribution in [3.8, 4) is 0 Å². The molecule has 3 N–H and O–H groups in total. The first-order chi connectivity index (χ1) is 7.70. The number of pyridine rings is 1. The predicted octanol–water partition coefficient (Wildman–Crippen LogP) is 2.60. The molecule has 2 heterocycles. The molecule has 84 valence electrons. The summed E-state index contributed by atoms with van der Waals surface area (Å²) in [5.74, 6) is 5.12. The molecule has 0 radical (unpaired) electrons. The van der Waals surface area contributed by atoms with Crippen LogP contribution in [0.2, 0.25) is 0 Å². The summed E-state index contributed by atoms with van der Waals surface area (Å²) < 4.78 is 14.0. The van der Waals surface area contributed by atoms with E-state index in [9.17, 15) is 4.39 Å². The molecule has 2 aromatic rings. The maximum Gasteiger partial charge on any atom is 0.141 e. The highest BCUT2D eigenvalue weighted by Crippen LogP contribution is 2.29. The van der Waals surface area contributed by atoms with Gasteiger partial charge >= 0.3 is 0 Å². The van der Waals surface area contributed by atoms with Crippen LogP contribution in [0.3, 0.4) is 0 Å². The van der Waals surface area contributed by atoms with Gasteiger partial charge in [0.25, 0.3) is 0 Å². The van der Waals surface area contributed by atoms with E-state index in [0.29, 0.717) is 5.56 Å². The van der Waals surface area contributed by atoms with Crippen LogP contribution in [0, 0.1) is 5.82 Å². The molecule has 1 atom stereocenters. The van der Waals surface area contributed by atoms with Gasteiger partial charge in [0.2, 0.25) is 0 Å². The quantitative estimate of drug-likeness (QED) is 0.677. The van der Waals surface area contributed by atoms with Gasteiger partial charge in [-0.25, -0.2) is 9.82 Å². The number of nitrogens with zero attached hydrogens (tertiary/aromatic N) is 1. The molecule has 0 amide bonds. The van der Waals surface area contributed by atoms with Crippen LogP contribution in [0.4, 0.5) is 4.39 Å². The second-order valence-electron chi connectivity index (χ2n) is 3.20. The van der Waals surface area contributed by atoms with Crippen molar-refractivity contribution in [2.75, 3.05) is 0 Å². The molecule has 0 aromatic carbocycles. The third kappa shape index (κ3) is 2.46. The number of thiophene rings is 1. The molecule has 0 saturated carbocycles. The van der Waals surface area contributed by atoms with Gasteiger partial charge in [-0.15, -0.1) is 11.3 Å². The van der Waals surface area contributed by atoms with Crippen molar-refractivity contribution in [1.82, 2.24) is 10.4 Å². The monoisotopic (exact) mass is 301 g/mol. The van der Waals surface area contributed by atoms with Crippen molar-refractivity contribution >= 4 is 27.3 Å². The van der Waals surface area contributed by atoms with Gasteiger partial charge in [-0.05, 0) is 33.6 Å². The fourth-order valence-electron chi connectivity index (χ4n) is 1.41. The average molecular weight is 302 g/mol. The number of hydrogen-bond acceptors (Lipinski definition) is 4. The normalized spacial score (nSPS) is 12.7. The number of aromatic nitrogens is 1. The van der Waals surface area contributed by atoms with E-state index in [0.717, 1.165) is 9.35 Å². The van der Waals surface area contributed by atoms with Gasteiger partial charge in [0.15, 0.2) is 0 Å². The highest BCUT2D eigenvalue weighted by atomic mass is 79.9.